The van der Waals surface area contributed by atoms with Crippen molar-refractivity contribution >= 4 is 31.4 Å². The van der Waals surface area contributed by atoms with E-state index < -0.39 is 10.0 Å². The van der Waals surface area contributed by atoms with Crippen LogP contribution in [0.15, 0.2) is 29.2 Å². The molecule has 21 heavy (non-hydrogen) atoms. The van der Waals surface area contributed by atoms with Gasteiger partial charge in [-0.3, -0.25) is 0 Å². The van der Waals surface area contributed by atoms with E-state index in [-0.39, 0.29) is 0 Å². The maximum Gasteiger partial charge on any atom is 0.242 e. The molecule has 1 aliphatic carbocycles. The number of fused-ring (bicyclic) bond motifs is 1. The number of nitrogens with one attached hydrogen (secondary N) is 2. The van der Waals surface area contributed by atoms with E-state index in [0.29, 0.717) is 23.9 Å². The van der Waals surface area contributed by atoms with Crippen molar-refractivity contribution in [1.29, 1.82) is 0 Å². The quantitative estimate of drug-likeness (QED) is 0.859. The van der Waals surface area contributed by atoms with Crippen LogP contribution in [-0.2, 0) is 16.6 Å². The third-order valence-corrected chi connectivity index (χ3v) is 6.86. The summed E-state index contributed by atoms with van der Waals surface area (Å²) in [6, 6.07) is 7.70. The van der Waals surface area contributed by atoms with Crippen LogP contribution in [0.4, 0.5) is 0 Å². The lowest BCUT2D eigenvalue weighted by Gasteiger charge is -2.25. The van der Waals surface area contributed by atoms with Crippen LogP contribution < -0.4 is 10.0 Å². The van der Waals surface area contributed by atoms with Gasteiger partial charge in [-0.05, 0) is 31.9 Å². The van der Waals surface area contributed by atoms with Crippen molar-refractivity contribution in [3.63, 3.8) is 0 Å². The van der Waals surface area contributed by atoms with Gasteiger partial charge in [-0.25, -0.2) is 13.1 Å². The first kappa shape index (κ1) is 15.0. The van der Waals surface area contributed by atoms with E-state index in [1.54, 1.807) is 11.3 Å². The second kappa shape index (κ2) is 6.04. The van der Waals surface area contributed by atoms with Crippen molar-refractivity contribution in [3.8, 4) is 0 Å². The predicted octanol–water partition coefficient (Wildman–Crippen LogP) is 2.70. The van der Waals surface area contributed by atoms with E-state index in [1.165, 1.54) is 6.42 Å². The molecule has 114 valence electrons. The van der Waals surface area contributed by atoms with Gasteiger partial charge in [0, 0.05) is 28.1 Å². The Bertz CT molecular complexity index is 733. The monoisotopic (exact) mass is 324 g/mol. The van der Waals surface area contributed by atoms with Gasteiger partial charge in [0.1, 0.15) is 4.90 Å². The molecule has 0 atom stereocenters. The van der Waals surface area contributed by atoms with E-state index in [2.05, 4.69) is 10.0 Å². The van der Waals surface area contributed by atoms with E-state index in [1.807, 2.05) is 31.3 Å². The van der Waals surface area contributed by atoms with Crippen molar-refractivity contribution in [1.82, 2.24) is 10.0 Å². The molecule has 0 amide bonds. The molecule has 0 spiro atoms. The van der Waals surface area contributed by atoms with Crippen LogP contribution in [0.1, 0.15) is 24.1 Å². The Morgan fingerprint density at radius 1 is 1.29 bits per heavy atom. The van der Waals surface area contributed by atoms with Gasteiger partial charge in [0.2, 0.25) is 10.0 Å². The van der Waals surface area contributed by atoms with Crippen LogP contribution in [0.3, 0.4) is 0 Å². The molecule has 0 radical (unpaired) electrons. The highest BCUT2D eigenvalue weighted by Gasteiger charge is 2.26. The fourth-order valence-corrected chi connectivity index (χ4v) is 5.71. The molecule has 3 rings (SSSR count). The Kier molecular flexibility index (Phi) is 4.31. The summed E-state index contributed by atoms with van der Waals surface area (Å²) in [7, 11) is -1.61. The van der Waals surface area contributed by atoms with Crippen LogP contribution in [0.25, 0.3) is 10.1 Å². The predicted molar refractivity (Wildman–Crippen MR) is 87.1 cm³/mol. The number of hydrogen-bond acceptors (Lipinski definition) is 4. The molecule has 0 bridgehead atoms. The van der Waals surface area contributed by atoms with Crippen molar-refractivity contribution < 1.29 is 8.42 Å². The summed E-state index contributed by atoms with van der Waals surface area (Å²) in [4.78, 5) is 1.33. The average molecular weight is 324 g/mol. The Balaban J connectivity index is 1.97. The van der Waals surface area contributed by atoms with Crippen LogP contribution in [0, 0.1) is 5.92 Å². The van der Waals surface area contributed by atoms with Gasteiger partial charge in [-0.15, -0.1) is 11.3 Å². The third-order valence-electron chi connectivity index (χ3n) is 4.01. The SMILES string of the molecule is CNCc1sc2ccccc2c1S(=O)(=O)NCC1CCC1. The van der Waals surface area contributed by atoms with E-state index >= 15 is 0 Å². The first-order valence-electron chi connectivity index (χ1n) is 7.26. The fourth-order valence-electron chi connectivity index (χ4n) is 2.64. The van der Waals surface area contributed by atoms with Crippen LogP contribution >= 0.6 is 11.3 Å². The Morgan fingerprint density at radius 2 is 2.05 bits per heavy atom. The molecule has 0 aliphatic heterocycles. The summed E-state index contributed by atoms with van der Waals surface area (Å²) in [5.74, 6) is 0.512. The normalized spacial score (nSPS) is 16.2. The summed E-state index contributed by atoms with van der Waals surface area (Å²) < 4.78 is 29.3. The molecular formula is C15H20N2O2S2. The van der Waals surface area contributed by atoms with Crippen molar-refractivity contribution in [2.45, 2.75) is 30.7 Å². The van der Waals surface area contributed by atoms with Gasteiger partial charge in [0.05, 0.1) is 0 Å². The van der Waals surface area contributed by atoms with Crippen molar-refractivity contribution in [2.24, 2.45) is 5.92 Å². The molecule has 2 N–H and O–H groups in total. The highest BCUT2D eigenvalue weighted by Crippen LogP contribution is 2.35. The molecule has 6 heteroatoms. The van der Waals surface area contributed by atoms with Gasteiger partial charge in [-0.2, -0.15) is 0 Å². The molecule has 4 nitrogen and oxygen atoms in total. The maximum absolute atomic E-state index is 12.7. The second-order valence-electron chi connectivity index (χ2n) is 5.53. The molecular weight excluding hydrogens is 304 g/mol. The van der Waals surface area contributed by atoms with E-state index in [4.69, 9.17) is 0 Å². The van der Waals surface area contributed by atoms with E-state index in [0.717, 1.165) is 27.8 Å². The lowest BCUT2D eigenvalue weighted by molar-refractivity contribution is 0.316. The van der Waals surface area contributed by atoms with Gasteiger partial charge in [0.25, 0.3) is 0 Å². The topological polar surface area (TPSA) is 58.2 Å². The number of sulfonamides is 1. The number of benzene rings is 1. The summed E-state index contributed by atoms with van der Waals surface area (Å²) in [5.41, 5.74) is 0. The second-order valence-corrected chi connectivity index (χ2v) is 8.37. The summed E-state index contributed by atoms with van der Waals surface area (Å²) in [5, 5.41) is 3.89. The van der Waals surface area contributed by atoms with Crippen LogP contribution in [0.5, 0.6) is 0 Å². The molecule has 1 fully saturated rings. The minimum atomic E-state index is -3.45. The highest BCUT2D eigenvalue weighted by molar-refractivity contribution is 7.90. The Labute approximate surface area is 129 Å². The lowest BCUT2D eigenvalue weighted by atomic mass is 9.86. The molecule has 0 saturated heterocycles. The standard InChI is InChI=1S/C15H20N2O2S2/c1-16-10-14-15(12-7-2-3-8-13(12)20-14)21(18,19)17-9-11-5-4-6-11/h2-3,7-8,11,16-17H,4-6,9-10H2,1H3. The van der Waals surface area contributed by atoms with Crippen LogP contribution in [0.2, 0.25) is 0 Å². The molecule has 1 aliphatic rings. The van der Waals surface area contributed by atoms with Gasteiger partial charge in [-0.1, -0.05) is 24.6 Å². The third kappa shape index (κ3) is 2.99. The molecule has 1 saturated carbocycles. The van der Waals surface area contributed by atoms with Crippen molar-refractivity contribution in [2.75, 3.05) is 13.6 Å². The first-order chi connectivity index (χ1) is 10.1. The van der Waals surface area contributed by atoms with Gasteiger partial charge < -0.3 is 5.32 Å². The smallest absolute Gasteiger partial charge is 0.242 e. The zero-order valence-electron chi connectivity index (χ0n) is 12.1. The summed E-state index contributed by atoms with van der Waals surface area (Å²) >= 11 is 1.55. The lowest BCUT2D eigenvalue weighted by Crippen LogP contribution is -2.32. The van der Waals surface area contributed by atoms with Gasteiger partial charge >= 0.3 is 0 Å². The number of thiophene rings is 1. The average Bonchev–Trinajstić information content (AvgIpc) is 2.75. The largest absolute Gasteiger partial charge is 0.315 e. The van der Waals surface area contributed by atoms with Crippen LogP contribution in [-0.4, -0.2) is 22.0 Å². The first-order valence-corrected chi connectivity index (χ1v) is 9.56. The highest BCUT2D eigenvalue weighted by atomic mass is 32.2. The zero-order chi connectivity index (χ0) is 14.9. The van der Waals surface area contributed by atoms with Gasteiger partial charge in [0.15, 0.2) is 0 Å². The molecule has 0 unspecified atom stereocenters. The van der Waals surface area contributed by atoms with Crippen molar-refractivity contribution in [3.05, 3.63) is 29.1 Å². The fraction of sp³-hybridized carbons (Fsp3) is 0.467. The molecule has 2 aromatic rings. The van der Waals surface area contributed by atoms with E-state index in [9.17, 15) is 8.42 Å². The number of rotatable bonds is 6. The molecule has 1 heterocycles. The Morgan fingerprint density at radius 3 is 2.71 bits per heavy atom. The summed E-state index contributed by atoms with van der Waals surface area (Å²) in [6.07, 6.45) is 3.49. The molecule has 1 aromatic heterocycles. The minimum Gasteiger partial charge on any atom is -0.315 e. The minimum absolute atomic E-state index is 0.455. The maximum atomic E-state index is 12.7. The molecule has 1 aromatic carbocycles. The summed E-state index contributed by atoms with van der Waals surface area (Å²) in [6.45, 7) is 1.13. The number of hydrogen-bond donors (Lipinski definition) is 2. The zero-order valence-corrected chi connectivity index (χ0v) is 13.7. The Hall–Kier alpha value is -0.950.